The van der Waals surface area contributed by atoms with Crippen LogP contribution in [0.1, 0.15) is 12.6 Å². The number of carbonyl (C=O) groups is 1. The maximum atomic E-state index is 12.6. The normalized spacial score (nSPS) is 19.5. The molecule has 0 saturated carbocycles. The molecule has 0 spiro atoms. The van der Waals surface area contributed by atoms with Gasteiger partial charge in [0.2, 0.25) is 11.9 Å². The van der Waals surface area contributed by atoms with Crippen molar-refractivity contribution in [1.82, 2.24) is 30.0 Å². The van der Waals surface area contributed by atoms with Gasteiger partial charge in [0, 0.05) is 45.0 Å². The number of rotatable bonds is 5. The highest BCUT2D eigenvalue weighted by Crippen LogP contribution is 2.31. The Bertz CT molecular complexity index is 1100. The Morgan fingerprint density at radius 1 is 1.23 bits per heavy atom. The van der Waals surface area contributed by atoms with Gasteiger partial charge in [-0.2, -0.15) is 4.98 Å². The fourth-order valence-corrected chi connectivity index (χ4v) is 4.30. The lowest BCUT2D eigenvalue weighted by atomic mass is 9.99. The Morgan fingerprint density at radius 2 is 2.10 bits per heavy atom. The fourth-order valence-electron chi connectivity index (χ4n) is 4.09. The molecule has 0 bridgehead atoms. The summed E-state index contributed by atoms with van der Waals surface area (Å²) in [6.07, 6.45) is 5.40. The van der Waals surface area contributed by atoms with Gasteiger partial charge >= 0.3 is 0 Å². The minimum absolute atomic E-state index is 0.0310. The lowest BCUT2D eigenvalue weighted by Crippen LogP contribution is -2.54. The minimum atomic E-state index is -0.0899. The SMILES string of the molecule is C[C@H]1CN(c2ncc(Cl)c(N3CC(C(=O)NCc4cnc5ccccn45)C3)n2)CCN1. The third kappa shape index (κ3) is 4.03. The van der Waals surface area contributed by atoms with E-state index in [1.165, 1.54) is 0 Å². The van der Waals surface area contributed by atoms with Crippen molar-refractivity contribution in [2.75, 3.05) is 42.5 Å². The van der Waals surface area contributed by atoms with E-state index in [1.54, 1.807) is 12.4 Å². The topological polar surface area (TPSA) is 90.7 Å². The van der Waals surface area contributed by atoms with Gasteiger partial charge in [-0.25, -0.2) is 9.97 Å². The summed E-state index contributed by atoms with van der Waals surface area (Å²) >= 11 is 6.38. The van der Waals surface area contributed by atoms with E-state index in [9.17, 15) is 4.79 Å². The predicted octanol–water partition coefficient (Wildman–Crippen LogP) is 1.33. The molecule has 0 unspecified atom stereocenters. The molecular formula is C21H25ClN8O. The van der Waals surface area contributed by atoms with Crippen LogP contribution < -0.4 is 20.4 Å². The lowest BCUT2D eigenvalue weighted by Gasteiger charge is -2.40. The summed E-state index contributed by atoms with van der Waals surface area (Å²) in [7, 11) is 0. The van der Waals surface area contributed by atoms with Gasteiger partial charge in [-0.3, -0.25) is 4.79 Å². The summed E-state index contributed by atoms with van der Waals surface area (Å²) in [5, 5.41) is 6.96. The van der Waals surface area contributed by atoms with E-state index in [1.807, 2.05) is 33.7 Å². The Morgan fingerprint density at radius 3 is 2.94 bits per heavy atom. The Balaban J connectivity index is 1.19. The first kappa shape index (κ1) is 20.0. The second kappa shape index (κ2) is 8.32. The summed E-state index contributed by atoms with van der Waals surface area (Å²) in [6.45, 7) is 6.39. The molecule has 3 aromatic rings. The average Bonchev–Trinajstić information content (AvgIpc) is 3.16. The second-order valence-corrected chi connectivity index (χ2v) is 8.55. The van der Waals surface area contributed by atoms with E-state index < -0.39 is 0 Å². The summed E-state index contributed by atoms with van der Waals surface area (Å²) < 4.78 is 1.98. The highest BCUT2D eigenvalue weighted by molar-refractivity contribution is 6.32. The van der Waals surface area contributed by atoms with Crippen molar-refractivity contribution in [2.24, 2.45) is 5.92 Å². The molecule has 1 amide bonds. The van der Waals surface area contributed by atoms with Crippen LogP contribution >= 0.6 is 11.6 Å². The number of hydrogen-bond acceptors (Lipinski definition) is 7. The molecule has 162 valence electrons. The van der Waals surface area contributed by atoms with Gasteiger partial charge in [0.1, 0.15) is 10.7 Å². The zero-order valence-electron chi connectivity index (χ0n) is 17.3. The molecule has 2 N–H and O–H groups in total. The molecule has 2 saturated heterocycles. The van der Waals surface area contributed by atoms with E-state index in [2.05, 4.69) is 32.4 Å². The number of nitrogens with one attached hydrogen (secondary N) is 2. The van der Waals surface area contributed by atoms with Crippen molar-refractivity contribution < 1.29 is 4.79 Å². The molecule has 0 aliphatic carbocycles. The van der Waals surface area contributed by atoms with Crippen LogP contribution in [0.25, 0.3) is 5.65 Å². The van der Waals surface area contributed by atoms with Crippen molar-refractivity contribution in [1.29, 1.82) is 0 Å². The van der Waals surface area contributed by atoms with Gasteiger partial charge in [-0.15, -0.1) is 0 Å². The highest BCUT2D eigenvalue weighted by atomic mass is 35.5. The molecular weight excluding hydrogens is 416 g/mol. The number of nitrogens with zero attached hydrogens (tertiary/aromatic N) is 6. The van der Waals surface area contributed by atoms with E-state index >= 15 is 0 Å². The van der Waals surface area contributed by atoms with Gasteiger partial charge in [-0.05, 0) is 19.1 Å². The molecule has 10 heteroatoms. The smallest absolute Gasteiger partial charge is 0.227 e. The van der Waals surface area contributed by atoms with Gasteiger partial charge in [0.05, 0.1) is 30.6 Å². The molecule has 2 aliphatic rings. The molecule has 0 aromatic carbocycles. The predicted molar refractivity (Wildman–Crippen MR) is 119 cm³/mol. The van der Waals surface area contributed by atoms with E-state index in [4.69, 9.17) is 16.6 Å². The third-order valence-corrected chi connectivity index (χ3v) is 6.12. The van der Waals surface area contributed by atoms with Crippen molar-refractivity contribution >= 4 is 34.9 Å². The Kier molecular flexibility index (Phi) is 5.37. The number of imidazole rings is 1. The Hall–Kier alpha value is -2.91. The first-order valence-corrected chi connectivity index (χ1v) is 10.9. The molecule has 5 heterocycles. The number of fused-ring (bicyclic) bond motifs is 1. The first-order valence-electron chi connectivity index (χ1n) is 10.5. The summed E-state index contributed by atoms with van der Waals surface area (Å²) in [5.41, 5.74) is 1.82. The van der Waals surface area contributed by atoms with Crippen LogP contribution in [0.4, 0.5) is 11.8 Å². The van der Waals surface area contributed by atoms with Crippen LogP contribution in [0.15, 0.2) is 36.8 Å². The number of aromatic nitrogens is 4. The molecule has 9 nitrogen and oxygen atoms in total. The largest absolute Gasteiger partial charge is 0.353 e. The molecule has 2 fully saturated rings. The number of halogens is 1. The quantitative estimate of drug-likeness (QED) is 0.618. The molecule has 3 aromatic heterocycles. The van der Waals surface area contributed by atoms with E-state index in [0.29, 0.717) is 42.5 Å². The van der Waals surface area contributed by atoms with Gasteiger partial charge in [0.15, 0.2) is 5.82 Å². The van der Waals surface area contributed by atoms with Crippen molar-refractivity contribution in [3.05, 3.63) is 47.5 Å². The zero-order valence-corrected chi connectivity index (χ0v) is 18.1. The maximum Gasteiger partial charge on any atom is 0.227 e. The van der Waals surface area contributed by atoms with Crippen molar-refractivity contribution in [2.45, 2.75) is 19.5 Å². The first-order chi connectivity index (χ1) is 15.1. The summed E-state index contributed by atoms with van der Waals surface area (Å²) in [5.74, 6) is 1.33. The zero-order chi connectivity index (χ0) is 21.4. The van der Waals surface area contributed by atoms with Crippen LogP contribution in [0.2, 0.25) is 5.02 Å². The number of amides is 1. The van der Waals surface area contributed by atoms with E-state index in [0.717, 1.165) is 31.0 Å². The number of pyridine rings is 1. The monoisotopic (exact) mass is 440 g/mol. The number of hydrogen-bond donors (Lipinski definition) is 2. The van der Waals surface area contributed by atoms with Crippen LogP contribution in [-0.4, -0.2) is 64.0 Å². The number of carbonyl (C=O) groups excluding carboxylic acids is 1. The van der Waals surface area contributed by atoms with Crippen LogP contribution in [0.5, 0.6) is 0 Å². The molecule has 1 atom stereocenters. The van der Waals surface area contributed by atoms with Crippen LogP contribution in [-0.2, 0) is 11.3 Å². The van der Waals surface area contributed by atoms with Crippen molar-refractivity contribution in [3.8, 4) is 0 Å². The van der Waals surface area contributed by atoms with Crippen LogP contribution in [0, 0.1) is 5.92 Å². The Labute approximate surface area is 185 Å². The van der Waals surface area contributed by atoms with Crippen LogP contribution in [0.3, 0.4) is 0 Å². The maximum absolute atomic E-state index is 12.6. The van der Waals surface area contributed by atoms with Gasteiger partial charge in [-0.1, -0.05) is 17.7 Å². The highest BCUT2D eigenvalue weighted by Gasteiger charge is 2.35. The second-order valence-electron chi connectivity index (χ2n) is 8.14. The number of piperazine rings is 1. The standard InChI is InChI=1S/C21H25ClN8O/c1-14-11-28(7-5-23-14)21-26-10-17(22)19(27-21)29-12-15(13-29)20(31)25-9-16-8-24-18-4-2-3-6-30(16)18/h2-4,6,8,10,14-15,23H,5,7,9,11-13H2,1H3,(H,25,31)/t14-/m0/s1. The summed E-state index contributed by atoms with van der Waals surface area (Å²) in [6, 6.07) is 6.22. The average molecular weight is 441 g/mol. The molecule has 31 heavy (non-hydrogen) atoms. The molecule has 0 radical (unpaired) electrons. The summed E-state index contributed by atoms with van der Waals surface area (Å²) in [4.78, 5) is 30.3. The minimum Gasteiger partial charge on any atom is -0.353 e. The number of anilines is 2. The van der Waals surface area contributed by atoms with Gasteiger partial charge < -0.3 is 24.8 Å². The van der Waals surface area contributed by atoms with E-state index in [-0.39, 0.29) is 11.8 Å². The third-order valence-electron chi connectivity index (χ3n) is 5.85. The lowest BCUT2D eigenvalue weighted by molar-refractivity contribution is -0.125. The van der Waals surface area contributed by atoms with Gasteiger partial charge in [0.25, 0.3) is 0 Å². The molecule has 5 rings (SSSR count). The molecule has 2 aliphatic heterocycles. The fraction of sp³-hybridized carbons (Fsp3) is 0.429. The van der Waals surface area contributed by atoms with Crippen molar-refractivity contribution in [3.63, 3.8) is 0 Å².